The number of hydrogen-bond donors (Lipinski definition) is 1. The van der Waals surface area contributed by atoms with Crippen LogP contribution in [0.2, 0.25) is 0 Å². The van der Waals surface area contributed by atoms with Gasteiger partial charge in [-0.25, -0.2) is 0 Å². The van der Waals surface area contributed by atoms with Gasteiger partial charge in [0.05, 0.1) is 23.8 Å². The van der Waals surface area contributed by atoms with Gasteiger partial charge < -0.3 is 20.0 Å². The number of aromatic nitrogens is 1. The van der Waals surface area contributed by atoms with Crippen LogP contribution in [-0.2, 0) is 0 Å². The molecule has 3 heterocycles. The summed E-state index contributed by atoms with van der Waals surface area (Å²) < 4.78 is 5.28. The fourth-order valence-corrected chi connectivity index (χ4v) is 2.57. The first-order valence-electron chi connectivity index (χ1n) is 6.94. The molecule has 110 valence electrons. The van der Waals surface area contributed by atoms with E-state index in [-0.39, 0.29) is 5.91 Å². The molecule has 1 saturated heterocycles. The summed E-state index contributed by atoms with van der Waals surface area (Å²) >= 11 is 0. The van der Waals surface area contributed by atoms with Gasteiger partial charge in [0.1, 0.15) is 0 Å². The summed E-state index contributed by atoms with van der Waals surface area (Å²) in [5.74, 6) is 0.395. The molecule has 3 rings (SSSR count). The van der Waals surface area contributed by atoms with Crippen LogP contribution in [0.25, 0.3) is 0 Å². The molecule has 2 N–H and O–H groups in total. The lowest BCUT2D eigenvalue weighted by Gasteiger charge is -2.36. The summed E-state index contributed by atoms with van der Waals surface area (Å²) in [6.45, 7) is 4.69. The quantitative estimate of drug-likeness (QED) is 0.906. The highest BCUT2D eigenvalue weighted by molar-refractivity contribution is 5.93. The normalized spacial score (nSPS) is 15.3. The Morgan fingerprint density at radius 2 is 2.05 bits per heavy atom. The summed E-state index contributed by atoms with van der Waals surface area (Å²) in [5, 5.41) is 0. The number of anilines is 2. The van der Waals surface area contributed by atoms with Crippen molar-refractivity contribution in [3.8, 4) is 0 Å². The molecule has 0 atom stereocenters. The van der Waals surface area contributed by atoms with Crippen LogP contribution in [0.1, 0.15) is 16.1 Å². The molecule has 0 saturated carbocycles. The molecule has 1 fully saturated rings. The van der Waals surface area contributed by atoms with E-state index in [0.717, 1.165) is 24.3 Å². The van der Waals surface area contributed by atoms with E-state index in [2.05, 4.69) is 9.88 Å². The first-order valence-corrected chi connectivity index (χ1v) is 6.94. The second kappa shape index (κ2) is 5.47. The van der Waals surface area contributed by atoms with Crippen LogP contribution in [0.4, 0.5) is 11.4 Å². The number of nitrogen functional groups attached to an aromatic ring is 1. The van der Waals surface area contributed by atoms with Gasteiger partial charge in [0.25, 0.3) is 5.91 Å². The maximum absolute atomic E-state index is 12.4. The fourth-order valence-electron chi connectivity index (χ4n) is 2.57. The van der Waals surface area contributed by atoms with Gasteiger partial charge in [-0.2, -0.15) is 0 Å². The Labute approximate surface area is 123 Å². The molecule has 2 aromatic heterocycles. The van der Waals surface area contributed by atoms with Gasteiger partial charge >= 0.3 is 0 Å². The second-order valence-corrected chi connectivity index (χ2v) is 5.15. The van der Waals surface area contributed by atoms with Gasteiger partial charge in [-0.15, -0.1) is 0 Å². The van der Waals surface area contributed by atoms with Crippen molar-refractivity contribution >= 4 is 17.3 Å². The Hall–Kier alpha value is -2.50. The first kappa shape index (κ1) is 13.5. The van der Waals surface area contributed by atoms with E-state index < -0.39 is 0 Å². The minimum Gasteiger partial charge on any atom is -0.459 e. The summed E-state index contributed by atoms with van der Waals surface area (Å²) in [7, 11) is 0. The maximum Gasteiger partial charge on any atom is 0.289 e. The highest BCUT2D eigenvalue weighted by Gasteiger charge is 2.25. The van der Waals surface area contributed by atoms with Crippen molar-refractivity contribution in [3.63, 3.8) is 0 Å². The van der Waals surface area contributed by atoms with E-state index in [9.17, 15) is 4.79 Å². The van der Waals surface area contributed by atoms with Crippen LogP contribution < -0.4 is 10.6 Å². The van der Waals surface area contributed by atoms with Crippen LogP contribution in [-0.4, -0.2) is 42.0 Å². The zero-order valence-corrected chi connectivity index (χ0v) is 12.0. The minimum atomic E-state index is -0.0418. The molecule has 6 nitrogen and oxygen atoms in total. The molecule has 1 aliphatic heterocycles. The molecule has 0 unspecified atom stereocenters. The van der Waals surface area contributed by atoms with Gasteiger partial charge in [0.2, 0.25) is 0 Å². The van der Waals surface area contributed by atoms with Crippen LogP contribution in [0.15, 0.2) is 35.2 Å². The minimum absolute atomic E-state index is 0.0418. The third kappa shape index (κ3) is 2.56. The maximum atomic E-state index is 12.4. The van der Waals surface area contributed by atoms with Crippen molar-refractivity contribution < 1.29 is 9.21 Å². The molecular formula is C15H18N4O2. The average Bonchev–Trinajstić information content (AvgIpc) is 2.93. The zero-order chi connectivity index (χ0) is 14.8. The molecule has 0 radical (unpaired) electrons. The molecule has 6 heteroatoms. The molecule has 21 heavy (non-hydrogen) atoms. The second-order valence-electron chi connectivity index (χ2n) is 5.15. The van der Waals surface area contributed by atoms with Crippen molar-refractivity contribution in [2.24, 2.45) is 0 Å². The number of hydrogen-bond acceptors (Lipinski definition) is 5. The van der Waals surface area contributed by atoms with E-state index in [0.29, 0.717) is 24.5 Å². The van der Waals surface area contributed by atoms with E-state index in [1.165, 1.54) is 0 Å². The number of amides is 1. The van der Waals surface area contributed by atoms with Crippen LogP contribution in [0, 0.1) is 6.92 Å². The van der Waals surface area contributed by atoms with Gasteiger partial charge in [0.15, 0.2) is 5.76 Å². The lowest BCUT2D eigenvalue weighted by Crippen LogP contribution is -2.49. The average molecular weight is 286 g/mol. The van der Waals surface area contributed by atoms with E-state index in [1.807, 2.05) is 17.9 Å². The number of carbonyl (C=O) groups excluding carboxylic acids is 1. The monoisotopic (exact) mass is 286 g/mol. The SMILES string of the molecule is Cc1ccoc1C(=O)N1CCN(c2ccncc2N)CC1. The summed E-state index contributed by atoms with van der Waals surface area (Å²) in [6, 6.07) is 3.71. The summed E-state index contributed by atoms with van der Waals surface area (Å²) in [4.78, 5) is 20.4. The largest absolute Gasteiger partial charge is 0.459 e. The molecule has 0 spiro atoms. The molecule has 0 bridgehead atoms. The number of piperazine rings is 1. The topological polar surface area (TPSA) is 75.6 Å². The Balaban J connectivity index is 1.67. The number of nitrogens with zero attached hydrogens (tertiary/aromatic N) is 3. The molecule has 0 aromatic carbocycles. The van der Waals surface area contributed by atoms with Crippen molar-refractivity contribution in [2.45, 2.75) is 6.92 Å². The number of carbonyl (C=O) groups is 1. The number of aryl methyl sites for hydroxylation is 1. The Morgan fingerprint density at radius 3 is 2.67 bits per heavy atom. The van der Waals surface area contributed by atoms with Gasteiger partial charge in [-0.05, 0) is 19.1 Å². The van der Waals surface area contributed by atoms with E-state index >= 15 is 0 Å². The van der Waals surface area contributed by atoms with Crippen LogP contribution in [0.3, 0.4) is 0 Å². The van der Waals surface area contributed by atoms with Gasteiger partial charge in [0, 0.05) is 37.9 Å². The number of nitrogens with two attached hydrogens (primary N) is 1. The molecule has 1 amide bonds. The predicted octanol–water partition coefficient (Wildman–Crippen LogP) is 1.53. The highest BCUT2D eigenvalue weighted by atomic mass is 16.3. The molecule has 2 aromatic rings. The summed E-state index contributed by atoms with van der Waals surface area (Å²) in [5.41, 5.74) is 8.46. The first-order chi connectivity index (χ1) is 10.2. The van der Waals surface area contributed by atoms with E-state index in [4.69, 9.17) is 10.2 Å². The number of furan rings is 1. The molecule has 0 aliphatic carbocycles. The van der Waals surface area contributed by atoms with Crippen LogP contribution >= 0.6 is 0 Å². The lowest BCUT2D eigenvalue weighted by atomic mass is 10.2. The Morgan fingerprint density at radius 1 is 1.29 bits per heavy atom. The van der Waals surface area contributed by atoms with Crippen molar-refractivity contribution in [3.05, 3.63) is 42.1 Å². The van der Waals surface area contributed by atoms with Crippen molar-refractivity contribution in [1.82, 2.24) is 9.88 Å². The van der Waals surface area contributed by atoms with Crippen molar-refractivity contribution in [1.29, 1.82) is 0 Å². The zero-order valence-electron chi connectivity index (χ0n) is 12.0. The number of rotatable bonds is 2. The van der Waals surface area contributed by atoms with Crippen LogP contribution in [0.5, 0.6) is 0 Å². The molecular weight excluding hydrogens is 268 g/mol. The lowest BCUT2D eigenvalue weighted by molar-refractivity contribution is 0.0713. The van der Waals surface area contributed by atoms with Gasteiger partial charge in [-0.3, -0.25) is 9.78 Å². The Bertz CT molecular complexity index is 645. The van der Waals surface area contributed by atoms with E-state index in [1.54, 1.807) is 24.7 Å². The van der Waals surface area contributed by atoms with Crippen molar-refractivity contribution in [2.75, 3.05) is 36.8 Å². The summed E-state index contributed by atoms with van der Waals surface area (Å²) in [6.07, 6.45) is 4.94. The third-order valence-corrected chi connectivity index (χ3v) is 3.79. The predicted molar refractivity (Wildman–Crippen MR) is 80.2 cm³/mol. The Kier molecular flexibility index (Phi) is 3.51. The number of pyridine rings is 1. The smallest absolute Gasteiger partial charge is 0.289 e. The van der Waals surface area contributed by atoms with Gasteiger partial charge in [-0.1, -0.05) is 0 Å². The molecule has 1 aliphatic rings. The standard InChI is InChI=1S/C15H18N4O2/c1-11-3-9-21-14(11)15(20)19-7-5-18(6-8-19)13-2-4-17-10-12(13)16/h2-4,9-10H,5-8,16H2,1H3. The fraction of sp³-hybridized carbons (Fsp3) is 0.333. The highest BCUT2D eigenvalue weighted by Crippen LogP contribution is 2.23. The third-order valence-electron chi connectivity index (χ3n) is 3.79.